The van der Waals surface area contributed by atoms with E-state index < -0.39 is 0 Å². The monoisotopic (exact) mass is 315 g/mol. The lowest BCUT2D eigenvalue weighted by Crippen LogP contribution is -2.33. The van der Waals surface area contributed by atoms with Crippen LogP contribution in [0.15, 0.2) is 6.07 Å². The van der Waals surface area contributed by atoms with Crippen molar-refractivity contribution in [2.45, 2.75) is 13.0 Å². The van der Waals surface area contributed by atoms with Crippen LogP contribution in [-0.4, -0.2) is 17.3 Å². The van der Waals surface area contributed by atoms with E-state index in [2.05, 4.69) is 21.2 Å². The van der Waals surface area contributed by atoms with Crippen molar-refractivity contribution in [1.82, 2.24) is 5.32 Å². The molecule has 1 atom stereocenters. The highest BCUT2D eigenvalue weighted by Gasteiger charge is 2.15. The van der Waals surface area contributed by atoms with Crippen LogP contribution in [0.5, 0.6) is 0 Å². The number of carbonyl (C=O) groups is 1. The molecule has 1 aromatic rings. The zero-order valence-electron chi connectivity index (χ0n) is 7.31. The standard InChI is InChI=1S/C8H8BrCl2NOS/c1-4(3-9)12-8(13)5-2-6(10)14-7(5)11/h2,4H,3H2,1H3,(H,12,13). The minimum absolute atomic E-state index is 0.0669. The Bertz CT molecular complexity index is 342. The highest BCUT2D eigenvalue weighted by molar-refractivity contribution is 9.09. The molecular weight excluding hydrogens is 309 g/mol. The Labute approximate surface area is 105 Å². The molecule has 1 N–H and O–H groups in total. The third-order valence-electron chi connectivity index (χ3n) is 1.51. The summed E-state index contributed by atoms with van der Waals surface area (Å²) in [6, 6.07) is 1.64. The van der Waals surface area contributed by atoms with E-state index in [4.69, 9.17) is 23.2 Å². The summed E-state index contributed by atoms with van der Waals surface area (Å²) in [6.45, 7) is 1.90. The summed E-state index contributed by atoms with van der Waals surface area (Å²) in [5.41, 5.74) is 0.439. The Morgan fingerprint density at radius 2 is 2.36 bits per heavy atom. The minimum atomic E-state index is -0.190. The summed E-state index contributed by atoms with van der Waals surface area (Å²) < 4.78 is 0.945. The van der Waals surface area contributed by atoms with Gasteiger partial charge in [-0.3, -0.25) is 4.79 Å². The number of hydrogen-bond acceptors (Lipinski definition) is 2. The first-order valence-corrected chi connectivity index (χ1v) is 6.55. The van der Waals surface area contributed by atoms with Crippen LogP contribution in [0.3, 0.4) is 0 Å². The van der Waals surface area contributed by atoms with Gasteiger partial charge in [0.1, 0.15) is 4.34 Å². The molecule has 2 nitrogen and oxygen atoms in total. The zero-order chi connectivity index (χ0) is 10.7. The predicted octanol–water partition coefficient (Wildman–Crippen LogP) is 3.57. The minimum Gasteiger partial charge on any atom is -0.349 e. The van der Waals surface area contributed by atoms with Gasteiger partial charge in [0.25, 0.3) is 5.91 Å². The molecule has 1 unspecified atom stereocenters. The van der Waals surface area contributed by atoms with Crippen LogP contribution in [0.4, 0.5) is 0 Å². The number of nitrogens with one attached hydrogen (secondary N) is 1. The normalized spacial score (nSPS) is 12.6. The molecule has 0 radical (unpaired) electrons. The maximum Gasteiger partial charge on any atom is 0.253 e. The van der Waals surface area contributed by atoms with E-state index in [-0.39, 0.29) is 11.9 Å². The van der Waals surface area contributed by atoms with Crippen molar-refractivity contribution in [1.29, 1.82) is 0 Å². The molecule has 0 aromatic carbocycles. The first-order chi connectivity index (χ1) is 6.54. The molecule has 1 rings (SSSR count). The van der Waals surface area contributed by atoms with Crippen molar-refractivity contribution in [2.24, 2.45) is 0 Å². The number of carbonyl (C=O) groups excluding carboxylic acids is 1. The average molecular weight is 317 g/mol. The molecule has 0 aliphatic rings. The van der Waals surface area contributed by atoms with Gasteiger partial charge in [-0.25, -0.2) is 0 Å². The third-order valence-corrected chi connectivity index (χ3v) is 3.97. The summed E-state index contributed by atoms with van der Waals surface area (Å²) in [5.74, 6) is -0.190. The van der Waals surface area contributed by atoms with Gasteiger partial charge >= 0.3 is 0 Å². The number of alkyl halides is 1. The van der Waals surface area contributed by atoms with Gasteiger partial charge in [0.15, 0.2) is 0 Å². The van der Waals surface area contributed by atoms with Crippen LogP contribution in [0.25, 0.3) is 0 Å². The molecule has 0 aliphatic heterocycles. The lowest BCUT2D eigenvalue weighted by atomic mass is 10.3. The Hall–Kier alpha value is 0.230. The van der Waals surface area contributed by atoms with Crippen LogP contribution >= 0.6 is 50.5 Å². The molecule has 0 bridgehead atoms. The molecule has 0 fully saturated rings. The maximum atomic E-state index is 11.6. The van der Waals surface area contributed by atoms with Crippen molar-refractivity contribution < 1.29 is 4.79 Å². The quantitative estimate of drug-likeness (QED) is 0.849. The van der Waals surface area contributed by atoms with Crippen molar-refractivity contribution in [3.63, 3.8) is 0 Å². The summed E-state index contributed by atoms with van der Waals surface area (Å²) in [5, 5.41) is 3.48. The summed E-state index contributed by atoms with van der Waals surface area (Å²) >= 11 is 16.0. The van der Waals surface area contributed by atoms with E-state index in [0.717, 1.165) is 0 Å². The highest BCUT2D eigenvalue weighted by Crippen LogP contribution is 2.30. The zero-order valence-corrected chi connectivity index (χ0v) is 11.2. The molecule has 0 spiro atoms. The molecule has 1 amide bonds. The largest absolute Gasteiger partial charge is 0.349 e. The third kappa shape index (κ3) is 3.12. The second-order valence-corrected chi connectivity index (χ2v) is 5.70. The topological polar surface area (TPSA) is 29.1 Å². The fraction of sp³-hybridized carbons (Fsp3) is 0.375. The second kappa shape index (κ2) is 5.35. The van der Waals surface area contributed by atoms with Crippen LogP contribution in [-0.2, 0) is 0 Å². The van der Waals surface area contributed by atoms with Crippen molar-refractivity contribution in [3.8, 4) is 0 Å². The van der Waals surface area contributed by atoms with Crippen molar-refractivity contribution >= 4 is 56.4 Å². The fourth-order valence-corrected chi connectivity index (χ4v) is 2.46. The van der Waals surface area contributed by atoms with Crippen LogP contribution in [0.2, 0.25) is 8.67 Å². The average Bonchev–Trinajstić information content (AvgIpc) is 2.45. The molecule has 6 heteroatoms. The molecule has 1 heterocycles. The number of thiophene rings is 1. The van der Waals surface area contributed by atoms with Crippen LogP contribution < -0.4 is 5.32 Å². The van der Waals surface area contributed by atoms with E-state index in [9.17, 15) is 4.79 Å². The SMILES string of the molecule is CC(CBr)NC(=O)c1cc(Cl)sc1Cl. The van der Waals surface area contributed by atoms with Gasteiger partial charge in [-0.1, -0.05) is 39.1 Å². The number of amides is 1. The second-order valence-electron chi connectivity index (χ2n) is 2.77. The number of rotatable bonds is 3. The van der Waals surface area contributed by atoms with Crippen LogP contribution in [0.1, 0.15) is 17.3 Å². The summed E-state index contributed by atoms with van der Waals surface area (Å²) in [4.78, 5) is 11.6. The van der Waals surface area contributed by atoms with Gasteiger partial charge < -0.3 is 5.32 Å². The molecular formula is C8H8BrCl2NOS. The highest BCUT2D eigenvalue weighted by atomic mass is 79.9. The van der Waals surface area contributed by atoms with Gasteiger partial charge in [-0.2, -0.15) is 0 Å². The van der Waals surface area contributed by atoms with Gasteiger partial charge in [-0.15, -0.1) is 11.3 Å². The van der Waals surface area contributed by atoms with Crippen molar-refractivity contribution in [2.75, 3.05) is 5.33 Å². The Morgan fingerprint density at radius 3 is 2.79 bits per heavy atom. The number of hydrogen-bond donors (Lipinski definition) is 1. The van der Waals surface area contributed by atoms with Gasteiger partial charge in [0.2, 0.25) is 0 Å². The van der Waals surface area contributed by atoms with Gasteiger partial charge in [-0.05, 0) is 13.0 Å². The van der Waals surface area contributed by atoms with E-state index in [1.54, 1.807) is 6.07 Å². The van der Waals surface area contributed by atoms with E-state index >= 15 is 0 Å². The molecule has 1 aromatic heterocycles. The van der Waals surface area contributed by atoms with E-state index in [1.165, 1.54) is 11.3 Å². The van der Waals surface area contributed by atoms with E-state index in [1.807, 2.05) is 6.92 Å². The van der Waals surface area contributed by atoms with Crippen LogP contribution in [0, 0.1) is 0 Å². The van der Waals surface area contributed by atoms with Gasteiger partial charge in [0, 0.05) is 11.4 Å². The summed E-state index contributed by atoms with van der Waals surface area (Å²) in [6.07, 6.45) is 0. The fourth-order valence-electron chi connectivity index (χ4n) is 0.835. The molecule has 0 saturated carbocycles. The van der Waals surface area contributed by atoms with Gasteiger partial charge in [0.05, 0.1) is 9.90 Å². The maximum absolute atomic E-state index is 11.6. The first-order valence-electron chi connectivity index (χ1n) is 3.86. The Kier molecular flexibility index (Phi) is 4.70. The summed E-state index contributed by atoms with van der Waals surface area (Å²) in [7, 11) is 0. The molecule has 0 saturated heterocycles. The molecule has 0 aliphatic carbocycles. The lowest BCUT2D eigenvalue weighted by Gasteiger charge is -2.09. The molecule has 78 valence electrons. The van der Waals surface area contributed by atoms with Crippen molar-refractivity contribution in [3.05, 3.63) is 20.3 Å². The molecule has 14 heavy (non-hydrogen) atoms. The number of halogens is 3. The Morgan fingerprint density at radius 1 is 1.71 bits per heavy atom. The first kappa shape index (κ1) is 12.3. The van der Waals surface area contributed by atoms with E-state index in [0.29, 0.717) is 19.6 Å². The smallest absolute Gasteiger partial charge is 0.253 e. The Balaban J connectivity index is 2.74. The predicted molar refractivity (Wildman–Crippen MR) is 65.1 cm³/mol. The lowest BCUT2D eigenvalue weighted by molar-refractivity contribution is 0.0944.